The van der Waals surface area contributed by atoms with Gasteiger partial charge in [-0.1, -0.05) is 35.0 Å². The van der Waals surface area contributed by atoms with E-state index in [4.69, 9.17) is 5.26 Å². The van der Waals surface area contributed by atoms with Gasteiger partial charge in [0.25, 0.3) is 10.2 Å². The molecule has 0 spiro atoms. The van der Waals surface area contributed by atoms with E-state index in [9.17, 15) is 8.42 Å². The zero-order valence-electron chi connectivity index (χ0n) is 10.6. The number of nitrogens with zero attached hydrogens (tertiary/aromatic N) is 2. The van der Waals surface area contributed by atoms with Gasteiger partial charge in [-0.05, 0) is 17.7 Å². The first-order chi connectivity index (χ1) is 8.99. The number of halogens is 1. The molecule has 1 N–H and O–H groups in total. The largest absolute Gasteiger partial charge is 0.279 e. The van der Waals surface area contributed by atoms with Crippen molar-refractivity contribution in [3.8, 4) is 6.07 Å². The van der Waals surface area contributed by atoms with Crippen LogP contribution in [0.4, 0.5) is 0 Å². The van der Waals surface area contributed by atoms with Crippen LogP contribution in [0.1, 0.15) is 18.9 Å². The molecule has 0 radical (unpaired) electrons. The molecule has 0 atom stereocenters. The molecular weight excluding hydrogens is 330 g/mol. The summed E-state index contributed by atoms with van der Waals surface area (Å²) in [5.41, 5.74) is 0.878. The zero-order valence-corrected chi connectivity index (χ0v) is 13.0. The third-order valence-corrected chi connectivity index (χ3v) is 4.70. The van der Waals surface area contributed by atoms with Crippen LogP contribution in [0.15, 0.2) is 28.7 Å². The molecule has 7 heteroatoms. The highest BCUT2D eigenvalue weighted by Crippen LogP contribution is 2.10. The van der Waals surface area contributed by atoms with Crippen LogP contribution in [0.3, 0.4) is 0 Å². The summed E-state index contributed by atoms with van der Waals surface area (Å²) < 4.78 is 28.7. The molecule has 1 aromatic carbocycles. The number of nitrogens with one attached hydrogen (secondary N) is 1. The van der Waals surface area contributed by atoms with Crippen molar-refractivity contribution in [1.29, 1.82) is 5.26 Å². The number of hydrogen-bond donors (Lipinski definition) is 1. The third-order valence-electron chi connectivity index (χ3n) is 2.54. The minimum absolute atomic E-state index is 0.188. The molecule has 104 valence electrons. The molecule has 0 heterocycles. The Hall–Kier alpha value is -0.940. The number of hydrogen-bond acceptors (Lipinski definition) is 3. The van der Waals surface area contributed by atoms with E-state index in [2.05, 4.69) is 20.7 Å². The maximum atomic E-state index is 12.0. The molecule has 0 saturated heterocycles. The minimum Gasteiger partial charge on any atom is -0.198 e. The molecule has 0 fully saturated rings. The van der Waals surface area contributed by atoms with Gasteiger partial charge in [0.2, 0.25) is 0 Å². The van der Waals surface area contributed by atoms with Crippen LogP contribution in [0.5, 0.6) is 0 Å². The summed E-state index contributed by atoms with van der Waals surface area (Å²) in [6.07, 6.45) is 0.188. The molecule has 1 rings (SSSR count). The van der Waals surface area contributed by atoms with E-state index < -0.39 is 10.2 Å². The lowest BCUT2D eigenvalue weighted by molar-refractivity contribution is 0.425. The highest BCUT2D eigenvalue weighted by atomic mass is 79.9. The second-order valence-electron chi connectivity index (χ2n) is 3.85. The molecule has 0 aromatic heterocycles. The molecule has 0 aliphatic rings. The molecule has 0 aliphatic carbocycles. The van der Waals surface area contributed by atoms with E-state index in [0.717, 1.165) is 10.0 Å². The van der Waals surface area contributed by atoms with Crippen molar-refractivity contribution in [2.24, 2.45) is 0 Å². The highest BCUT2D eigenvalue weighted by Gasteiger charge is 2.19. The maximum Gasteiger partial charge on any atom is 0.279 e. The van der Waals surface area contributed by atoms with E-state index in [-0.39, 0.29) is 19.5 Å². The highest BCUT2D eigenvalue weighted by molar-refractivity contribution is 9.10. The van der Waals surface area contributed by atoms with Gasteiger partial charge in [-0.25, -0.2) is 0 Å². The molecule has 0 bridgehead atoms. The molecule has 1 aromatic rings. The van der Waals surface area contributed by atoms with Crippen LogP contribution < -0.4 is 4.72 Å². The summed E-state index contributed by atoms with van der Waals surface area (Å²) in [6, 6.07) is 9.35. The van der Waals surface area contributed by atoms with Gasteiger partial charge in [0.1, 0.15) is 0 Å². The van der Waals surface area contributed by atoms with E-state index in [0.29, 0.717) is 6.54 Å². The van der Waals surface area contributed by atoms with Crippen LogP contribution in [0.2, 0.25) is 0 Å². The van der Waals surface area contributed by atoms with Gasteiger partial charge in [-0.2, -0.15) is 22.7 Å². The van der Waals surface area contributed by atoms with Crippen molar-refractivity contribution in [2.45, 2.75) is 19.9 Å². The Bertz CT molecular complexity index is 537. The number of nitriles is 1. The van der Waals surface area contributed by atoms with Crippen molar-refractivity contribution < 1.29 is 8.42 Å². The van der Waals surface area contributed by atoms with Gasteiger partial charge in [-0.3, -0.25) is 0 Å². The predicted molar refractivity (Wildman–Crippen MR) is 77.4 cm³/mol. The Labute approximate surface area is 122 Å². The number of rotatable bonds is 7. The second kappa shape index (κ2) is 7.60. The first-order valence-electron chi connectivity index (χ1n) is 5.85. The van der Waals surface area contributed by atoms with E-state index >= 15 is 0 Å². The van der Waals surface area contributed by atoms with Gasteiger partial charge in [0.15, 0.2) is 0 Å². The smallest absolute Gasteiger partial charge is 0.198 e. The Morgan fingerprint density at radius 1 is 1.37 bits per heavy atom. The van der Waals surface area contributed by atoms with Gasteiger partial charge < -0.3 is 0 Å². The maximum absolute atomic E-state index is 12.0. The summed E-state index contributed by atoms with van der Waals surface area (Å²) >= 11 is 3.32. The summed E-state index contributed by atoms with van der Waals surface area (Å²) in [5.74, 6) is 0. The first-order valence-corrected chi connectivity index (χ1v) is 8.09. The minimum atomic E-state index is -3.53. The summed E-state index contributed by atoms with van der Waals surface area (Å²) in [6.45, 7) is 2.54. The average molecular weight is 346 g/mol. The van der Waals surface area contributed by atoms with Crippen LogP contribution in [-0.4, -0.2) is 25.8 Å². The van der Waals surface area contributed by atoms with Crippen LogP contribution >= 0.6 is 15.9 Å². The fraction of sp³-hybridized carbons (Fsp3) is 0.417. The van der Waals surface area contributed by atoms with E-state index in [1.165, 1.54) is 4.31 Å². The van der Waals surface area contributed by atoms with Gasteiger partial charge in [-0.15, -0.1) is 0 Å². The fourth-order valence-electron chi connectivity index (χ4n) is 1.49. The topological polar surface area (TPSA) is 73.2 Å². The SMILES string of the molecule is CCN(CCC#N)S(=O)(=O)NCc1ccc(Br)cc1. The lowest BCUT2D eigenvalue weighted by Crippen LogP contribution is -2.40. The molecule has 5 nitrogen and oxygen atoms in total. The van der Waals surface area contributed by atoms with E-state index in [1.807, 2.05) is 30.3 Å². The monoisotopic (exact) mass is 345 g/mol. The van der Waals surface area contributed by atoms with Crippen molar-refractivity contribution in [2.75, 3.05) is 13.1 Å². The lowest BCUT2D eigenvalue weighted by Gasteiger charge is -2.19. The molecular formula is C12H16BrN3O2S. The van der Waals surface area contributed by atoms with E-state index in [1.54, 1.807) is 6.92 Å². The predicted octanol–water partition coefficient (Wildman–Crippen LogP) is 2.02. The van der Waals surface area contributed by atoms with Crippen molar-refractivity contribution in [3.05, 3.63) is 34.3 Å². The molecule has 0 saturated carbocycles. The molecule has 0 aliphatic heterocycles. The zero-order chi connectivity index (χ0) is 14.3. The Morgan fingerprint density at radius 3 is 2.53 bits per heavy atom. The van der Waals surface area contributed by atoms with Crippen LogP contribution in [-0.2, 0) is 16.8 Å². The standard InChI is InChI=1S/C12H16BrN3O2S/c1-2-16(9-3-8-14)19(17,18)15-10-11-4-6-12(13)7-5-11/h4-7,15H,2-3,9-10H2,1H3. The fourth-order valence-corrected chi connectivity index (χ4v) is 2.96. The lowest BCUT2D eigenvalue weighted by atomic mass is 10.2. The Morgan fingerprint density at radius 2 is 2.00 bits per heavy atom. The Balaban J connectivity index is 2.63. The normalized spacial score (nSPS) is 11.5. The van der Waals surface area contributed by atoms with Gasteiger partial charge >= 0.3 is 0 Å². The van der Waals surface area contributed by atoms with Crippen LogP contribution in [0.25, 0.3) is 0 Å². The molecule has 19 heavy (non-hydrogen) atoms. The van der Waals surface area contributed by atoms with Gasteiger partial charge in [0.05, 0.1) is 6.07 Å². The van der Waals surface area contributed by atoms with Crippen molar-refractivity contribution in [1.82, 2.24) is 9.03 Å². The quantitative estimate of drug-likeness (QED) is 0.821. The van der Waals surface area contributed by atoms with Crippen molar-refractivity contribution >= 4 is 26.1 Å². The molecule has 0 amide bonds. The van der Waals surface area contributed by atoms with Crippen LogP contribution in [0, 0.1) is 11.3 Å². The first kappa shape index (κ1) is 16.1. The summed E-state index contributed by atoms with van der Waals surface area (Å²) in [4.78, 5) is 0. The average Bonchev–Trinajstić information content (AvgIpc) is 2.39. The molecule has 0 unspecified atom stereocenters. The third kappa shape index (κ3) is 5.28. The number of benzene rings is 1. The summed E-state index contributed by atoms with van der Waals surface area (Å²) in [5, 5.41) is 8.51. The second-order valence-corrected chi connectivity index (χ2v) is 6.52. The summed E-state index contributed by atoms with van der Waals surface area (Å²) in [7, 11) is -3.53. The van der Waals surface area contributed by atoms with Crippen molar-refractivity contribution in [3.63, 3.8) is 0 Å². The van der Waals surface area contributed by atoms with Gasteiger partial charge in [0, 0.05) is 30.5 Å². The Kier molecular flexibility index (Phi) is 6.45.